The van der Waals surface area contributed by atoms with Crippen molar-refractivity contribution in [2.75, 3.05) is 0 Å². The van der Waals surface area contributed by atoms with Gasteiger partial charge >= 0.3 is 0 Å². The molecule has 2 aromatic rings. The Hall–Kier alpha value is -1.51. The molecule has 0 heterocycles. The van der Waals surface area contributed by atoms with E-state index >= 15 is 0 Å². The second kappa shape index (κ2) is 6.50. The summed E-state index contributed by atoms with van der Waals surface area (Å²) in [7, 11) is 0. The topological polar surface area (TPSA) is 26.3 Å². The molecule has 0 fully saturated rings. The van der Waals surface area contributed by atoms with E-state index in [1.807, 2.05) is 32.0 Å². The summed E-state index contributed by atoms with van der Waals surface area (Å²) in [5, 5.41) is 0.835. The van der Waals surface area contributed by atoms with Gasteiger partial charge in [-0.25, -0.2) is 0 Å². The molecule has 0 spiro atoms. The lowest BCUT2D eigenvalue weighted by molar-refractivity contribution is 0.0818. The van der Waals surface area contributed by atoms with Crippen LogP contribution < -0.4 is 4.74 Å². The number of Topliss-reactive ketones (excluding diaryl/α,β-unsaturated/α-hetero) is 1. The highest BCUT2D eigenvalue weighted by Crippen LogP contribution is 2.24. The first-order chi connectivity index (χ1) is 9.88. The Bertz CT molecular complexity index is 680. The van der Waals surface area contributed by atoms with Crippen molar-refractivity contribution in [3.05, 3.63) is 63.1 Å². The van der Waals surface area contributed by atoms with Gasteiger partial charge in [-0.1, -0.05) is 29.3 Å². The minimum absolute atomic E-state index is 0.171. The van der Waals surface area contributed by atoms with Gasteiger partial charge in [-0.3, -0.25) is 4.79 Å². The van der Waals surface area contributed by atoms with Gasteiger partial charge in [0.2, 0.25) is 5.78 Å². The molecule has 1 unspecified atom stereocenters. The fourth-order valence-corrected chi connectivity index (χ4v) is 2.45. The van der Waals surface area contributed by atoms with E-state index < -0.39 is 6.10 Å². The first-order valence-corrected chi connectivity index (χ1v) is 7.37. The van der Waals surface area contributed by atoms with E-state index in [1.165, 1.54) is 5.56 Å². The standard InChI is InChI=1S/C17H16Cl2O2/c1-10-4-6-14(8-11(10)2)21-12(3)17(20)15-7-5-13(18)9-16(15)19/h4-9,12H,1-3H3. The minimum Gasteiger partial charge on any atom is -0.483 e. The summed E-state index contributed by atoms with van der Waals surface area (Å²) in [5.41, 5.74) is 2.72. The van der Waals surface area contributed by atoms with Crippen molar-refractivity contribution in [3.63, 3.8) is 0 Å². The number of benzene rings is 2. The van der Waals surface area contributed by atoms with Gasteiger partial charge in [-0.15, -0.1) is 0 Å². The third kappa shape index (κ3) is 3.78. The van der Waals surface area contributed by atoms with Gasteiger partial charge < -0.3 is 4.74 Å². The predicted molar refractivity (Wildman–Crippen MR) is 86.8 cm³/mol. The number of carbonyl (C=O) groups is 1. The summed E-state index contributed by atoms with van der Waals surface area (Å²) >= 11 is 11.9. The molecule has 110 valence electrons. The summed E-state index contributed by atoms with van der Waals surface area (Å²) < 4.78 is 5.71. The van der Waals surface area contributed by atoms with Gasteiger partial charge in [0.05, 0.1) is 5.02 Å². The van der Waals surface area contributed by atoms with Gasteiger partial charge in [0.1, 0.15) is 5.75 Å². The van der Waals surface area contributed by atoms with E-state index in [4.69, 9.17) is 27.9 Å². The van der Waals surface area contributed by atoms with Crippen molar-refractivity contribution in [3.8, 4) is 5.75 Å². The molecule has 0 saturated carbocycles. The van der Waals surface area contributed by atoms with Crippen molar-refractivity contribution < 1.29 is 9.53 Å². The van der Waals surface area contributed by atoms with Crippen LogP contribution in [0, 0.1) is 13.8 Å². The highest BCUT2D eigenvalue weighted by Gasteiger charge is 2.19. The van der Waals surface area contributed by atoms with Crippen molar-refractivity contribution in [1.82, 2.24) is 0 Å². The van der Waals surface area contributed by atoms with E-state index in [1.54, 1.807) is 25.1 Å². The maximum Gasteiger partial charge on any atom is 0.204 e. The van der Waals surface area contributed by atoms with Gasteiger partial charge in [0.15, 0.2) is 6.10 Å². The fraction of sp³-hybridized carbons (Fsp3) is 0.235. The number of rotatable bonds is 4. The molecule has 4 heteroatoms. The number of ether oxygens (including phenoxy) is 1. The molecule has 0 aliphatic carbocycles. The van der Waals surface area contributed by atoms with Crippen LogP contribution in [0.4, 0.5) is 0 Å². The summed E-state index contributed by atoms with van der Waals surface area (Å²) in [5.74, 6) is 0.499. The van der Waals surface area contributed by atoms with Crippen LogP contribution in [-0.4, -0.2) is 11.9 Å². The lowest BCUT2D eigenvalue weighted by atomic mass is 10.1. The normalized spacial score (nSPS) is 12.0. The van der Waals surface area contributed by atoms with Crippen molar-refractivity contribution in [2.24, 2.45) is 0 Å². The molecule has 0 bridgehead atoms. The Balaban J connectivity index is 2.17. The average molecular weight is 323 g/mol. The molecule has 2 rings (SSSR count). The van der Waals surface area contributed by atoms with Crippen molar-refractivity contribution >= 4 is 29.0 Å². The average Bonchev–Trinajstić information content (AvgIpc) is 2.42. The van der Waals surface area contributed by atoms with E-state index in [-0.39, 0.29) is 5.78 Å². The van der Waals surface area contributed by atoms with Gasteiger partial charge in [0.25, 0.3) is 0 Å². The second-order valence-electron chi connectivity index (χ2n) is 4.99. The molecule has 0 aromatic heterocycles. The molecule has 0 amide bonds. The summed E-state index contributed by atoms with van der Waals surface area (Å²) in [6.07, 6.45) is -0.620. The molecule has 0 saturated heterocycles. The molecule has 0 aliphatic heterocycles. The molecule has 2 nitrogen and oxygen atoms in total. The quantitative estimate of drug-likeness (QED) is 0.717. The number of aryl methyl sites for hydroxylation is 2. The predicted octanol–water partition coefficient (Wildman–Crippen LogP) is 5.26. The second-order valence-corrected chi connectivity index (χ2v) is 5.84. The van der Waals surface area contributed by atoms with Gasteiger partial charge in [0, 0.05) is 10.6 Å². The van der Waals surface area contributed by atoms with Crippen LogP contribution in [-0.2, 0) is 0 Å². The zero-order valence-electron chi connectivity index (χ0n) is 12.1. The van der Waals surface area contributed by atoms with Crippen LogP contribution in [0.3, 0.4) is 0 Å². The lowest BCUT2D eigenvalue weighted by Gasteiger charge is -2.15. The van der Waals surface area contributed by atoms with Gasteiger partial charge in [-0.2, -0.15) is 0 Å². The number of hydrogen-bond donors (Lipinski definition) is 0. The Morgan fingerprint density at radius 2 is 1.76 bits per heavy atom. The highest BCUT2D eigenvalue weighted by molar-refractivity contribution is 6.37. The SMILES string of the molecule is Cc1ccc(OC(C)C(=O)c2ccc(Cl)cc2Cl)cc1C. The third-order valence-electron chi connectivity index (χ3n) is 3.36. The molecule has 0 aliphatic rings. The molecule has 0 N–H and O–H groups in total. The third-order valence-corrected chi connectivity index (χ3v) is 3.90. The molecular weight excluding hydrogens is 307 g/mol. The molecule has 2 aromatic carbocycles. The Labute approximate surface area is 134 Å². The summed E-state index contributed by atoms with van der Waals surface area (Å²) in [4.78, 5) is 12.4. The van der Waals surface area contributed by atoms with Crippen molar-refractivity contribution in [1.29, 1.82) is 0 Å². The van der Waals surface area contributed by atoms with E-state index in [0.29, 0.717) is 21.4 Å². The first kappa shape index (κ1) is 15.9. The monoisotopic (exact) mass is 322 g/mol. The maximum atomic E-state index is 12.4. The van der Waals surface area contributed by atoms with Gasteiger partial charge in [-0.05, 0) is 62.2 Å². The van der Waals surface area contributed by atoms with Crippen LogP contribution in [0.25, 0.3) is 0 Å². The molecular formula is C17H16Cl2O2. The molecule has 0 radical (unpaired) electrons. The number of ketones is 1. The zero-order valence-corrected chi connectivity index (χ0v) is 13.6. The summed E-state index contributed by atoms with van der Waals surface area (Å²) in [6.45, 7) is 5.74. The zero-order chi connectivity index (χ0) is 15.6. The number of carbonyl (C=O) groups excluding carboxylic acids is 1. The van der Waals surface area contributed by atoms with Crippen LogP contribution in [0.1, 0.15) is 28.4 Å². The van der Waals surface area contributed by atoms with Crippen molar-refractivity contribution in [2.45, 2.75) is 26.9 Å². The van der Waals surface area contributed by atoms with E-state index in [9.17, 15) is 4.79 Å². The fourth-order valence-electron chi connectivity index (χ4n) is 1.95. The maximum absolute atomic E-state index is 12.4. The smallest absolute Gasteiger partial charge is 0.204 e. The van der Waals surface area contributed by atoms with Crippen LogP contribution in [0.15, 0.2) is 36.4 Å². The number of halogens is 2. The van der Waals surface area contributed by atoms with Crippen LogP contribution in [0.2, 0.25) is 10.0 Å². The number of hydrogen-bond acceptors (Lipinski definition) is 2. The minimum atomic E-state index is -0.620. The highest BCUT2D eigenvalue weighted by atomic mass is 35.5. The lowest BCUT2D eigenvalue weighted by Crippen LogP contribution is -2.24. The first-order valence-electron chi connectivity index (χ1n) is 6.61. The van der Waals surface area contributed by atoms with Crippen LogP contribution in [0.5, 0.6) is 5.75 Å². The largest absolute Gasteiger partial charge is 0.483 e. The Kier molecular flexibility index (Phi) is 4.92. The molecule has 21 heavy (non-hydrogen) atoms. The van der Waals surface area contributed by atoms with E-state index in [0.717, 1.165) is 5.56 Å². The Morgan fingerprint density at radius 3 is 2.38 bits per heavy atom. The molecule has 1 atom stereocenters. The summed E-state index contributed by atoms with van der Waals surface area (Å²) in [6, 6.07) is 10.6. The van der Waals surface area contributed by atoms with Crippen LogP contribution >= 0.6 is 23.2 Å². The Morgan fingerprint density at radius 1 is 1.05 bits per heavy atom. The van der Waals surface area contributed by atoms with E-state index in [2.05, 4.69) is 0 Å².